The fraction of sp³-hybridized carbons (Fsp3) is 0.923. The van der Waals surface area contributed by atoms with Crippen LogP contribution < -0.4 is 10.6 Å². The topological polar surface area (TPSA) is 41.1 Å². The van der Waals surface area contributed by atoms with Crippen LogP contribution in [0.5, 0.6) is 0 Å². The summed E-state index contributed by atoms with van der Waals surface area (Å²) in [5.41, 5.74) is 0. The van der Waals surface area contributed by atoms with Crippen LogP contribution in [0, 0.1) is 5.92 Å². The van der Waals surface area contributed by atoms with E-state index in [1.54, 1.807) is 0 Å². The molecule has 0 saturated heterocycles. The zero-order chi connectivity index (χ0) is 11.8. The first-order valence-electron chi connectivity index (χ1n) is 6.76. The molecule has 2 N–H and O–H groups in total. The van der Waals surface area contributed by atoms with Crippen LogP contribution in [0.2, 0.25) is 0 Å². The van der Waals surface area contributed by atoms with Crippen LogP contribution >= 0.6 is 0 Å². The van der Waals surface area contributed by atoms with Crippen LogP contribution in [0.3, 0.4) is 0 Å². The van der Waals surface area contributed by atoms with Crippen LogP contribution in [0.1, 0.15) is 52.4 Å². The van der Waals surface area contributed by atoms with Crippen molar-refractivity contribution < 1.29 is 4.79 Å². The number of hydrogen-bond donors (Lipinski definition) is 2. The fourth-order valence-corrected chi connectivity index (χ4v) is 2.32. The number of carbonyl (C=O) groups is 1. The summed E-state index contributed by atoms with van der Waals surface area (Å²) >= 11 is 0. The minimum Gasteiger partial charge on any atom is -0.352 e. The number of hydrogen-bond acceptors (Lipinski definition) is 2. The second-order valence-corrected chi connectivity index (χ2v) is 4.86. The lowest BCUT2D eigenvalue weighted by Gasteiger charge is -2.15. The Morgan fingerprint density at radius 2 is 1.88 bits per heavy atom. The standard InChI is InChI=1S/C13H26N2O/c1-3-11(4-2)9-14-10-13(16)15-12-7-5-6-8-12/h11-12,14H,3-10H2,1-2H3,(H,15,16). The number of amides is 1. The monoisotopic (exact) mass is 226 g/mol. The highest BCUT2D eigenvalue weighted by molar-refractivity contribution is 5.78. The van der Waals surface area contributed by atoms with Crippen molar-refractivity contribution in [2.24, 2.45) is 5.92 Å². The third-order valence-electron chi connectivity index (χ3n) is 3.59. The first-order chi connectivity index (χ1) is 7.76. The maximum absolute atomic E-state index is 11.6. The normalized spacial score (nSPS) is 16.9. The summed E-state index contributed by atoms with van der Waals surface area (Å²) in [5, 5.41) is 6.34. The summed E-state index contributed by atoms with van der Waals surface area (Å²) in [5.74, 6) is 0.872. The van der Waals surface area contributed by atoms with E-state index in [-0.39, 0.29) is 5.91 Å². The quantitative estimate of drug-likeness (QED) is 0.698. The van der Waals surface area contributed by atoms with Gasteiger partial charge in [0, 0.05) is 6.04 Å². The fourth-order valence-electron chi connectivity index (χ4n) is 2.32. The lowest BCUT2D eigenvalue weighted by atomic mass is 10.0. The Bertz CT molecular complexity index is 196. The third kappa shape index (κ3) is 4.97. The summed E-state index contributed by atoms with van der Waals surface area (Å²) in [6.45, 7) is 5.85. The van der Waals surface area contributed by atoms with E-state index in [4.69, 9.17) is 0 Å². The molecule has 0 atom stereocenters. The first-order valence-corrected chi connectivity index (χ1v) is 6.76. The van der Waals surface area contributed by atoms with Gasteiger partial charge in [0.15, 0.2) is 0 Å². The van der Waals surface area contributed by atoms with E-state index in [0.717, 1.165) is 19.4 Å². The maximum Gasteiger partial charge on any atom is 0.234 e. The van der Waals surface area contributed by atoms with E-state index in [9.17, 15) is 4.79 Å². The highest BCUT2D eigenvalue weighted by atomic mass is 16.1. The predicted octanol–water partition coefficient (Wildman–Crippen LogP) is 2.07. The average Bonchev–Trinajstić information content (AvgIpc) is 2.77. The molecular weight excluding hydrogens is 200 g/mol. The van der Waals surface area contributed by atoms with Crippen molar-refractivity contribution >= 4 is 5.91 Å². The SMILES string of the molecule is CCC(CC)CNCC(=O)NC1CCCC1. The van der Waals surface area contributed by atoms with Crippen LogP contribution in [-0.2, 0) is 4.79 Å². The van der Waals surface area contributed by atoms with E-state index in [1.165, 1.54) is 25.7 Å². The summed E-state index contributed by atoms with van der Waals surface area (Å²) in [6, 6.07) is 0.447. The molecule has 94 valence electrons. The maximum atomic E-state index is 11.6. The Balaban J connectivity index is 2.05. The minimum absolute atomic E-state index is 0.165. The van der Waals surface area contributed by atoms with Gasteiger partial charge in [-0.1, -0.05) is 39.5 Å². The molecular formula is C13H26N2O. The van der Waals surface area contributed by atoms with Crippen LogP contribution in [0.4, 0.5) is 0 Å². The van der Waals surface area contributed by atoms with E-state index >= 15 is 0 Å². The summed E-state index contributed by atoms with van der Waals surface area (Å²) in [4.78, 5) is 11.6. The van der Waals surface area contributed by atoms with Gasteiger partial charge in [0.1, 0.15) is 0 Å². The van der Waals surface area contributed by atoms with Gasteiger partial charge >= 0.3 is 0 Å². The molecule has 3 nitrogen and oxygen atoms in total. The van der Waals surface area contributed by atoms with Crippen molar-refractivity contribution in [3.63, 3.8) is 0 Å². The number of carbonyl (C=O) groups excluding carboxylic acids is 1. The molecule has 1 fully saturated rings. The van der Waals surface area contributed by atoms with Gasteiger partial charge in [0.2, 0.25) is 5.91 Å². The van der Waals surface area contributed by atoms with Gasteiger partial charge < -0.3 is 10.6 Å². The second-order valence-electron chi connectivity index (χ2n) is 4.86. The van der Waals surface area contributed by atoms with Crippen molar-refractivity contribution in [2.75, 3.05) is 13.1 Å². The molecule has 0 unspecified atom stereocenters. The van der Waals surface area contributed by atoms with Gasteiger partial charge in [-0.2, -0.15) is 0 Å². The summed E-state index contributed by atoms with van der Waals surface area (Å²) < 4.78 is 0. The minimum atomic E-state index is 0.165. The van der Waals surface area contributed by atoms with Crippen LogP contribution in [0.25, 0.3) is 0 Å². The Hall–Kier alpha value is -0.570. The molecule has 3 heteroatoms. The molecule has 0 aromatic heterocycles. The molecule has 0 aromatic rings. The Kier molecular flexibility index (Phi) is 6.46. The van der Waals surface area contributed by atoms with Gasteiger partial charge in [0.25, 0.3) is 0 Å². The Labute approximate surface area is 99.4 Å². The molecule has 0 radical (unpaired) electrons. The molecule has 1 amide bonds. The highest BCUT2D eigenvalue weighted by Crippen LogP contribution is 2.17. The van der Waals surface area contributed by atoms with Crippen LogP contribution in [0.15, 0.2) is 0 Å². The summed E-state index contributed by atoms with van der Waals surface area (Å²) in [6.07, 6.45) is 7.25. The largest absolute Gasteiger partial charge is 0.352 e. The molecule has 0 spiro atoms. The van der Waals surface area contributed by atoms with E-state index in [1.807, 2.05) is 0 Å². The van der Waals surface area contributed by atoms with Gasteiger partial charge in [-0.3, -0.25) is 4.79 Å². The molecule has 1 rings (SSSR count). The molecule has 1 aliphatic carbocycles. The van der Waals surface area contributed by atoms with Gasteiger partial charge in [-0.15, -0.1) is 0 Å². The van der Waals surface area contributed by atoms with E-state index < -0.39 is 0 Å². The molecule has 1 saturated carbocycles. The molecule has 0 heterocycles. The lowest BCUT2D eigenvalue weighted by Crippen LogP contribution is -2.40. The molecule has 0 aliphatic heterocycles. The molecule has 1 aliphatic rings. The van der Waals surface area contributed by atoms with E-state index in [0.29, 0.717) is 18.5 Å². The van der Waals surface area contributed by atoms with Crippen LogP contribution in [-0.4, -0.2) is 25.0 Å². The first kappa shape index (κ1) is 13.5. The van der Waals surface area contributed by atoms with Crippen molar-refractivity contribution in [1.82, 2.24) is 10.6 Å². The third-order valence-corrected chi connectivity index (χ3v) is 3.59. The lowest BCUT2D eigenvalue weighted by molar-refractivity contribution is -0.120. The van der Waals surface area contributed by atoms with Crippen molar-refractivity contribution in [3.05, 3.63) is 0 Å². The Morgan fingerprint density at radius 3 is 2.44 bits per heavy atom. The van der Waals surface area contributed by atoms with Crippen molar-refractivity contribution in [3.8, 4) is 0 Å². The van der Waals surface area contributed by atoms with E-state index in [2.05, 4.69) is 24.5 Å². The molecule has 0 aromatic carbocycles. The second kappa shape index (κ2) is 7.66. The summed E-state index contributed by atoms with van der Waals surface area (Å²) in [7, 11) is 0. The molecule has 0 bridgehead atoms. The van der Waals surface area contributed by atoms with Gasteiger partial charge in [0.05, 0.1) is 6.54 Å². The van der Waals surface area contributed by atoms with Gasteiger partial charge in [-0.05, 0) is 25.3 Å². The Morgan fingerprint density at radius 1 is 1.25 bits per heavy atom. The molecule has 16 heavy (non-hydrogen) atoms. The van der Waals surface area contributed by atoms with Gasteiger partial charge in [-0.25, -0.2) is 0 Å². The number of rotatable bonds is 7. The zero-order valence-electron chi connectivity index (χ0n) is 10.7. The predicted molar refractivity (Wildman–Crippen MR) is 67.3 cm³/mol. The van der Waals surface area contributed by atoms with Crippen molar-refractivity contribution in [2.45, 2.75) is 58.4 Å². The smallest absolute Gasteiger partial charge is 0.234 e. The highest BCUT2D eigenvalue weighted by Gasteiger charge is 2.16. The van der Waals surface area contributed by atoms with Crippen molar-refractivity contribution in [1.29, 1.82) is 0 Å². The zero-order valence-corrected chi connectivity index (χ0v) is 10.7. The average molecular weight is 226 g/mol. The number of nitrogens with one attached hydrogen (secondary N) is 2.